The van der Waals surface area contributed by atoms with Crippen LogP contribution in [0.4, 0.5) is 10.5 Å². The minimum absolute atomic E-state index is 0.0245. The summed E-state index contributed by atoms with van der Waals surface area (Å²) in [5.41, 5.74) is 2.49. The Balaban J connectivity index is 1.66. The van der Waals surface area contributed by atoms with Crippen molar-refractivity contribution in [3.8, 4) is 17.2 Å². The molecule has 0 bridgehead atoms. The Labute approximate surface area is 192 Å². The van der Waals surface area contributed by atoms with Crippen molar-refractivity contribution in [2.24, 2.45) is 0 Å². The van der Waals surface area contributed by atoms with Gasteiger partial charge in [0.15, 0.2) is 11.5 Å². The fourth-order valence-electron chi connectivity index (χ4n) is 2.96. The highest BCUT2D eigenvalue weighted by Crippen LogP contribution is 2.35. The first-order valence-corrected chi connectivity index (χ1v) is 10.5. The molecule has 4 N–H and O–H groups in total. The number of fused-ring (bicyclic) bond motifs is 1. The van der Waals surface area contributed by atoms with E-state index in [1.54, 1.807) is 42.5 Å². The number of phenols is 1. The van der Waals surface area contributed by atoms with Gasteiger partial charge in [-0.15, -0.1) is 0 Å². The Hall–Kier alpha value is -2.99. The van der Waals surface area contributed by atoms with Crippen LogP contribution >= 0.6 is 22.6 Å². The van der Waals surface area contributed by atoms with Crippen molar-refractivity contribution in [2.45, 2.75) is 25.4 Å². The number of benzene rings is 2. The van der Waals surface area contributed by atoms with Crippen molar-refractivity contribution >= 4 is 40.3 Å². The van der Waals surface area contributed by atoms with Gasteiger partial charge in [-0.1, -0.05) is 6.08 Å². The number of amides is 2. The Bertz CT molecular complexity index is 980. The van der Waals surface area contributed by atoms with Crippen LogP contribution in [0.1, 0.15) is 30.9 Å². The van der Waals surface area contributed by atoms with E-state index in [-0.39, 0.29) is 12.5 Å². The number of nitrogens with one attached hydrogen (secondary N) is 2. The molecule has 1 aliphatic heterocycles. The van der Waals surface area contributed by atoms with E-state index in [4.69, 9.17) is 19.4 Å². The zero-order chi connectivity index (χ0) is 22.2. The van der Waals surface area contributed by atoms with Crippen molar-refractivity contribution in [3.63, 3.8) is 0 Å². The molecule has 0 unspecified atom stereocenters. The summed E-state index contributed by atoms with van der Waals surface area (Å²) < 4.78 is 17.1. The van der Waals surface area contributed by atoms with E-state index in [2.05, 4.69) is 27.9 Å². The molecule has 1 heterocycles. The number of ether oxygens (including phenoxy) is 3. The molecule has 164 valence electrons. The van der Waals surface area contributed by atoms with Gasteiger partial charge in [0, 0.05) is 27.0 Å². The number of allylic oxidation sites excluding steroid dienone is 1. The molecule has 10 heteroatoms. The van der Waals surface area contributed by atoms with E-state index < -0.39 is 18.1 Å². The third-order valence-corrected chi connectivity index (χ3v) is 5.09. The van der Waals surface area contributed by atoms with Crippen LogP contribution in [-0.4, -0.2) is 29.1 Å². The summed E-state index contributed by atoms with van der Waals surface area (Å²) in [6.45, 7) is 0.131. The van der Waals surface area contributed by atoms with Gasteiger partial charge in [0.2, 0.25) is 6.79 Å². The van der Waals surface area contributed by atoms with Crippen LogP contribution in [0, 0.1) is 3.57 Å². The summed E-state index contributed by atoms with van der Waals surface area (Å²) in [7, 11) is 0. The van der Waals surface area contributed by atoms with E-state index in [9.17, 15) is 14.7 Å². The lowest BCUT2D eigenvalue weighted by Crippen LogP contribution is -2.18. The van der Waals surface area contributed by atoms with Crippen molar-refractivity contribution < 1.29 is 34.1 Å². The molecule has 1 aliphatic rings. The number of unbranched alkanes of at least 4 members (excludes halogenated alkanes) is 1. The molecule has 0 aromatic heterocycles. The average Bonchev–Trinajstić information content (AvgIpc) is 3.22. The number of hydroxylamine groups is 1. The van der Waals surface area contributed by atoms with Gasteiger partial charge in [-0.2, -0.15) is 0 Å². The fourth-order valence-corrected chi connectivity index (χ4v) is 3.48. The molecule has 2 amide bonds. The first-order chi connectivity index (χ1) is 15.0. The second-order valence-corrected chi connectivity index (χ2v) is 7.85. The molecule has 0 radical (unpaired) electrons. The first kappa shape index (κ1) is 22.7. The molecule has 3 rings (SSSR count). The maximum Gasteiger partial charge on any atom is 0.412 e. The molecule has 0 saturated heterocycles. The van der Waals surface area contributed by atoms with Gasteiger partial charge in [-0.05, 0) is 72.2 Å². The third-order valence-electron chi connectivity index (χ3n) is 4.42. The number of anilines is 1. The number of hydrogen-bond acceptors (Lipinski definition) is 7. The van der Waals surface area contributed by atoms with Crippen LogP contribution in [0.5, 0.6) is 17.2 Å². The largest absolute Gasteiger partial charge is 0.508 e. The van der Waals surface area contributed by atoms with E-state index >= 15 is 0 Å². The lowest BCUT2D eigenvalue weighted by Gasteiger charge is -2.20. The van der Waals surface area contributed by atoms with Crippen molar-refractivity contribution in [1.29, 1.82) is 0 Å². The number of phenolic OH excluding ortho intramolecular Hbond substituents is 1. The summed E-state index contributed by atoms with van der Waals surface area (Å²) >= 11 is 2.11. The molecule has 31 heavy (non-hydrogen) atoms. The SMILES string of the molecule is O=C(/C=C/CCC[C@@H](OC(=O)Nc1ccc2c(c1)OCO2)c1cc(I)ccc1O)NO. The zero-order valence-corrected chi connectivity index (χ0v) is 18.5. The van der Waals surface area contributed by atoms with E-state index in [1.165, 1.54) is 11.6 Å². The summed E-state index contributed by atoms with van der Waals surface area (Å²) in [5, 5.41) is 21.4. The van der Waals surface area contributed by atoms with Crippen LogP contribution in [0.25, 0.3) is 0 Å². The highest BCUT2D eigenvalue weighted by atomic mass is 127. The molecule has 2 aromatic carbocycles. The third kappa shape index (κ3) is 6.49. The number of halogens is 1. The normalized spacial score (nSPS) is 13.1. The monoisotopic (exact) mass is 540 g/mol. The Morgan fingerprint density at radius 1 is 1.19 bits per heavy atom. The van der Waals surface area contributed by atoms with E-state index in [0.717, 1.165) is 3.57 Å². The number of aromatic hydroxyl groups is 1. The highest BCUT2D eigenvalue weighted by molar-refractivity contribution is 14.1. The summed E-state index contributed by atoms with van der Waals surface area (Å²) in [6.07, 6.45) is 2.92. The first-order valence-electron chi connectivity index (χ1n) is 9.42. The molecule has 0 spiro atoms. The van der Waals surface area contributed by atoms with Gasteiger partial charge in [-0.3, -0.25) is 15.3 Å². The number of carbonyl (C=O) groups is 2. The molecule has 2 aromatic rings. The quantitative estimate of drug-likeness (QED) is 0.130. The summed E-state index contributed by atoms with van der Waals surface area (Å²) in [4.78, 5) is 23.6. The number of rotatable bonds is 8. The van der Waals surface area contributed by atoms with Crippen LogP contribution in [0.3, 0.4) is 0 Å². The molecule has 1 atom stereocenters. The molecular formula is C21H21IN2O7. The van der Waals surface area contributed by atoms with Crippen molar-refractivity contribution in [2.75, 3.05) is 12.1 Å². The van der Waals surface area contributed by atoms with Crippen LogP contribution < -0.4 is 20.3 Å². The standard InChI is InChI=1S/C21H21IN2O7/c22-13-6-8-16(25)15(10-13)17(4-2-1-3-5-20(26)24-28)31-21(27)23-14-7-9-18-19(11-14)30-12-29-18/h3,5-11,17,25,28H,1-2,4,12H2,(H,23,27)(H,24,26)/b5-3+/t17-/m1/s1. The highest BCUT2D eigenvalue weighted by Gasteiger charge is 2.21. The predicted octanol–water partition coefficient (Wildman–Crippen LogP) is 4.25. The van der Waals surface area contributed by atoms with Gasteiger partial charge >= 0.3 is 6.09 Å². The Kier molecular flexibility index (Phi) is 7.95. The average molecular weight is 540 g/mol. The molecule has 0 aliphatic carbocycles. The predicted molar refractivity (Wildman–Crippen MR) is 119 cm³/mol. The minimum Gasteiger partial charge on any atom is -0.508 e. The van der Waals surface area contributed by atoms with E-state index in [0.29, 0.717) is 42.0 Å². The fraction of sp³-hybridized carbons (Fsp3) is 0.238. The van der Waals surface area contributed by atoms with Gasteiger partial charge in [0.05, 0.1) is 0 Å². The second kappa shape index (κ2) is 10.9. The summed E-state index contributed by atoms with van der Waals surface area (Å²) in [5.74, 6) is 0.537. The van der Waals surface area contributed by atoms with Gasteiger partial charge < -0.3 is 19.3 Å². The zero-order valence-electron chi connectivity index (χ0n) is 16.3. The van der Waals surface area contributed by atoms with Gasteiger partial charge in [0.1, 0.15) is 11.9 Å². The molecule has 0 fully saturated rings. The van der Waals surface area contributed by atoms with Crippen molar-refractivity contribution in [3.05, 3.63) is 57.7 Å². The Morgan fingerprint density at radius 3 is 2.81 bits per heavy atom. The van der Waals surface area contributed by atoms with Crippen LogP contribution in [-0.2, 0) is 9.53 Å². The van der Waals surface area contributed by atoms with Gasteiger partial charge in [0.25, 0.3) is 5.91 Å². The van der Waals surface area contributed by atoms with Crippen LogP contribution in [0.15, 0.2) is 48.6 Å². The number of carbonyl (C=O) groups excluding carboxylic acids is 2. The minimum atomic E-state index is -0.705. The van der Waals surface area contributed by atoms with Crippen LogP contribution in [0.2, 0.25) is 0 Å². The topological polar surface area (TPSA) is 126 Å². The lowest BCUT2D eigenvalue weighted by atomic mass is 10.0. The lowest BCUT2D eigenvalue weighted by molar-refractivity contribution is -0.124. The maximum atomic E-state index is 12.5. The van der Waals surface area contributed by atoms with Gasteiger partial charge in [-0.25, -0.2) is 10.3 Å². The molecule has 0 saturated carbocycles. The summed E-state index contributed by atoms with van der Waals surface area (Å²) in [6, 6.07) is 10.1. The smallest absolute Gasteiger partial charge is 0.412 e. The molecular weight excluding hydrogens is 519 g/mol. The van der Waals surface area contributed by atoms with E-state index in [1.807, 2.05) is 0 Å². The maximum absolute atomic E-state index is 12.5. The number of hydrogen-bond donors (Lipinski definition) is 4. The molecule has 9 nitrogen and oxygen atoms in total. The Morgan fingerprint density at radius 2 is 2.00 bits per heavy atom. The second-order valence-electron chi connectivity index (χ2n) is 6.60. The van der Waals surface area contributed by atoms with Crippen molar-refractivity contribution in [1.82, 2.24) is 5.48 Å².